The minimum atomic E-state index is -3.66. The molecule has 0 aromatic heterocycles. The van der Waals surface area contributed by atoms with Crippen LogP contribution >= 0.6 is 0 Å². The van der Waals surface area contributed by atoms with E-state index < -0.39 is 10.0 Å². The van der Waals surface area contributed by atoms with Crippen molar-refractivity contribution in [2.45, 2.75) is 43.4 Å². The van der Waals surface area contributed by atoms with Gasteiger partial charge in [0, 0.05) is 11.6 Å². The first-order valence-corrected chi connectivity index (χ1v) is 10.6. The maximum absolute atomic E-state index is 12.7. The van der Waals surface area contributed by atoms with E-state index in [-0.39, 0.29) is 16.7 Å². The van der Waals surface area contributed by atoms with Crippen molar-refractivity contribution < 1.29 is 13.2 Å². The number of carbonyl (C=O) groups is 1. The predicted molar refractivity (Wildman–Crippen MR) is 102 cm³/mol. The molecule has 0 aliphatic heterocycles. The van der Waals surface area contributed by atoms with E-state index >= 15 is 0 Å². The number of anilines is 2. The van der Waals surface area contributed by atoms with Crippen molar-refractivity contribution in [3.8, 4) is 0 Å². The Hall–Kier alpha value is -2.34. The Morgan fingerprint density at radius 3 is 2.42 bits per heavy atom. The third kappa shape index (κ3) is 3.75. The summed E-state index contributed by atoms with van der Waals surface area (Å²) in [6.45, 7) is 0. The van der Waals surface area contributed by atoms with Crippen molar-refractivity contribution in [2.24, 2.45) is 5.92 Å². The highest BCUT2D eigenvalue weighted by Gasteiger charge is 2.29. The fraction of sp³-hybridized carbons (Fsp3) is 0.350. The van der Waals surface area contributed by atoms with E-state index in [1.165, 1.54) is 5.56 Å². The second kappa shape index (κ2) is 6.76. The molecule has 2 N–H and O–H groups in total. The van der Waals surface area contributed by atoms with Gasteiger partial charge in [-0.25, -0.2) is 8.42 Å². The Labute approximate surface area is 153 Å². The number of rotatable bonds is 5. The van der Waals surface area contributed by atoms with Gasteiger partial charge < -0.3 is 5.32 Å². The zero-order valence-corrected chi connectivity index (χ0v) is 15.3. The van der Waals surface area contributed by atoms with E-state index in [4.69, 9.17) is 0 Å². The molecule has 1 saturated carbocycles. The third-order valence-corrected chi connectivity index (χ3v) is 6.34. The maximum atomic E-state index is 12.7. The molecule has 136 valence electrons. The van der Waals surface area contributed by atoms with Crippen LogP contribution in [-0.4, -0.2) is 14.3 Å². The number of carbonyl (C=O) groups excluding carboxylic acids is 1. The molecule has 0 saturated heterocycles. The number of hydrogen-bond donors (Lipinski definition) is 2. The van der Waals surface area contributed by atoms with E-state index in [2.05, 4.69) is 10.0 Å². The quantitative estimate of drug-likeness (QED) is 0.842. The smallest absolute Gasteiger partial charge is 0.261 e. The van der Waals surface area contributed by atoms with Crippen LogP contribution in [0.1, 0.15) is 36.8 Å². The zero-order valence-electron chi connectivity index (χ0n) is 14.5. The van der Waals surface area contributed by atoms with Gasteiger partial charge in [0.25, 0.3) is 10.0 Å². The predicted octanol–water partition coefficient (Wildman–Crippen LogP) is 3.71. The molecule has 0 bridgehead atoms. The lowest BCUT2D eigenvalue weighted by atomic mass is 9.92. The summed E-state index contributed by atoms with van der Waals surface area (Å²) < 4.78 is 28.1. The van der Waals surface area contributed by atoms with Gasteiger partial charge in [-0.3, -0.25) is 9.52 Å². The van der Waals surface area contributed by atoms with Crippen LogP contribution in [0.2, 0.25) is 0 Å². The highest BCUT2D eigenvalue weighted by molar-refractivity contribution is 7.92. The summed E-state index contributed by atoms with van der Waals surface area (Å²) in [6.07, 6.45) is 6.07. The molecular formula is C20H22N2O3S. The standard InChI is InChI=1S/C20H22N2O3S/c23-20(15-8-9-15)21-17-6-3-7-18(13-17)22-26(24,25)19-11-10-14-4-1-2-5-16(14)12-19/h3,6-7,10-13,15,22H,1-2,4-5,8-9H2,(H,21,23). The molecule has 0 atom stereocenters. The normalized spacial score (nSPS) is 16.6. The van der Waals surface area contributed by atoms with Gasteiger partial charge in [-0.15, -0.1) is 0 Å². The van der Waals surface area contributed by atoms with Gasteiger partial charge in [0.15, 0.2) is 0 Å². The van der Waals surface area contributed by atoms with E-state index in [0.717, 1.165) is 44.1 Å². The van der Waals surface area contributed by atoms with Gasteiger partial charge in [-0.2, -0.15) is 0 Å². The molecule has 2 aliphatic carbocycles. The monoisotopic (exact) mass is 370 g/mol. The molecule has 0 unspecified atom stereocenters. The molecule has 1 fully saturated rings. The minimum Gasteiger partial charge on any atom is -0.326 e. The van der Waals surface area contributed by atoms with Crippen molar-refractivity contribution in [2.75, 3.05) is 10.0 Å². The number of hydrogen-bond acceptors (Lipinski definition) is 3. The van der Waals surface area contributed by atoms with E-state index in [1.807, 2.05) is 6.07 Å². The van der Waals surface area contributed by atoms with Gasteiger partial charge >= 0.3 is 0 Å². The molecule has 6 heteroatoms. The van der Waals surface area contributed by atoms with Crippen LogP contribution in [0.5, 0.6) is 0 Å². The fourth-order valence-corrected chi connectivity index (χ4v) is 4.44. The summed E-state index contributed by atoms with van der Waals surface area (Å²) >= 11 is 0. The Bertz CT molecular complexity index is 949. The number of fused-ring (bicyclic) bond motifs is 1. The molecule has 2 aliphatic rings. The van der Waals surface area contributed by atoms with E-state index in [9.17, 15) is 13.2 Å². The Morgan fingerprint density at radius 2 is 1.65 bits per heavy atom. The van der Waals surface area contributed by atoms with Crippen LogP contribution < -0.4 is 10.0 Å². The molecule has 0 spiro atoms. The lowest BCUT2D eigenvalue weighted by molar-refractivity contribution is -0.117. The zero-order chi connectivity index (χ0) is 18.1. The largest absolute Gasteiger partial charge is 0.326 e. The first-order chi connectivity index (χ1) is 12.5. The Balaban J connectivity index is 1.53. The minimum absolute atomic E-state index is 0.000283. The van der Waals surface area contributed by atoms with Gasteiger partial charge in [-0.05, 0) is 80.0 Å². The molecule has 2 aromatic carbocycles. The average molecular weight is 370 g/mol. The number of amides is 1. The number of nitrogens with one attached hydrogen (secondary N) is 2. The molecular weight excluding hydrogens is 348 g/mol. The van der Waals surface area contributed by atoms with E-state index in [1.54, 1.807) is 36.4 Å². The summed E-state index contributed by atoms with van der Waals surface area (Å²) in [5, 5.41) is 2.84. The topological polar surface area (TPSA) is 75.3 Å². The molecule has 4 rings (SSSR count). The Kier molecular flexibility index (Phi) is 4.44. The number of benzene rings is 2. The van der Waals surface area contributed by atoms with Crippen molar-refractivity contribution >= 4 is 27.3 Å². The molecule has 5 nitrogen and oxygen atoms in total. The summed E-state index contributed by atoms with van der Waals surface area (Å²) in [6, 6.07) is 12.2. The summed E-state index contributed by atoms with van der Waals surface area (Å²) in [5.74, 6) is 0.102. The maximum Gasteiger partial charge on any atom is 0.261 e. The summed E-state index contributed by atoms with van der Waals surface area (Å²) in [4.78, 5) is 12.2. The lowest BCUT2D eigenvalue weighted by Crippen LogP contribution is -2.16. The molecule has 2 aromatic rings. The molecule has 0 radical (unpaired) electrons. The van der Waals surface area contributed by atoms with Crippen LogP contribution in [-0.2, 0) is 27.7 Å². The molecule has 1 amide bonds. The molecule has 0 heterocycles. The van der Waals surface area contributed by atoms with Gasteiger partial charge in [-0.1, -0.05) is 12.1 Å². The van der Waals surface area contributed by atoms with Crippen molar-refractivity contribution in [1.29, 1.82) is 0 Å². The van der Waals surface area contributed by atoms with Crippen LogP contribution in [0.3, 0.4) is 0 Å². The van der Waals surface area contributed by atoms with Crippen molar-refractivity contribution in [1.82, 2.24) is 0 Å². The third-order valence-electron chi connectivity index (χ3n) is 4.96. The summed E-state index contributed by atoms with van der Waals surface area (Å²) in [7, 11) is -3.66. The van der Waals surface area contributed by atoms with E-state index in [0.29, 0.717) is 11.4 Å². The highest BCUT2D eigenvalue weighted by atomic mass is 32.2. The van der Waals surface area contributed by atoms with Gasteiger partial charge in [0.2, 0.25) is 5.91 Å². The second-order valence-electron chi connectivity index (χ2n) is 7.09. The first-order valence-electron chi connectivity index (χ1n) is 9.07. The SMILES string of the molecule is O=C(Nc1cccc(NS(=O)(=O)c2ccc3c(c2)CCCC3)c1)C1CC1. The van der Waals surface area contributed by atoms with Gasteiger partial charge in [0.1, 0.15) is 0 Å². The fourth-order valence-electron chi connectivity index (χ4n) is 3.34. The van der Waals surface area contributed by atoms with Crippen LogP contribution in [0.15, 0.2) is 47.4 Å². The lowest BCUT2D eigenvalue weighted by Gasteiger charge is -2.17. The van der Waals surface area contributed by atoms with Crippen LogP contribution in [0.4, 0.5) is 11.4 Å². The van der Waals surface area contributed by atoms with Crippen LogP contribution in [0.25, 0.3) is 0 Å². The van der Waals surface area contributed by atoms with Crippen LogP contribution in [0, 0.1) is 5.92 Å². The van der Waals surface area contributed by atoms with Crippen molar-refractivity contribution in [3.63, 3.8) is 0 Å². The second-order valence-corrected chi connectivity index (χ2v) is 8.77. The molecule has 26 heavy (non-hydrogen) atoms. The number of sulfonamides is 1. The average Bonchev–Trinajstić information content (AvgIpc) is 3.46. The first kappa shape index (κ1) is 17.1. The Morgan fingerprint density at radius 1 is 0.923 bits per heavy atom. The highest BCUT2D eigenvalue weighted by Crippen LogP contribution is 2.31. The number of aryl methyl sites for hydroxylation is 2. The van der Waals surface area contributed by atoms with Gasteiger partial charge in [0.05, 0.1) is 10.6 Å². The summed E-state index contributed by atoms with van der Waals surface area (Å²) in [5.41, 5.74) is 3.42. The van der Waals surface area contributed by atoms with Crippen molar-refractivity contribution in [3.05, 3.63) is 53.6 Å².